The van der Waals surface area contributed by atoms with E-state index in [1.165, 1.54) is 25.0 Å². The molecule has 0 aromatic heterocycles. The number of nitrogens with one attached hydrogen (secondary N) is 2. The molecule has 26 heavy (non-hydrogen) atoms. The van der Waals surface area contributed by atoms with Gasteiger partial charge in [0.2, 0.25) is 0 Å². The summed E-state index contributed by atoms with van der Waals surface area (Å²) in [5.41, 5.74) is 0.155. The number of halogens is 4. The second kappa shape index (κ2) is 11.0. The van der Waals surface area contributed by atoms with Crippen molar-refractivity contribution in [2.75, 3.05) is 33.2 Å². The molecule has 0 spiro atoms. The standard InChI is InChI=1S/C18H27F3N4.HI/c1-3-9-25-10-8-15(13-25)12-24-17(22-2)23-11-14-4-6-16(7-5-14)18(19,20)21;/h4-7,15H,3,8-13H2,1-2H3,(H2,22,23,24);1H. The van der Waals surface area contributed by atoms with Gasteiger partial charge in [-0.2, -0.15) is 13.2 Å². The van der Waals surface area contributed by atoms with E-state index in [4.69, 9.17) is 0 Å². The fourth-order valence-corrected chi connectivity index (χ4v) is 3.06. The molecule has 1 fully saturated rings. The van der Waals surface area contributed by atoms with Crippen molar-refractivity contribution >= 4 is 29.9 Å². The lowest BCUT2D eigenvalue weighted by Crippen LogP contribution is -2.40. The number of likely N-dealkylation sites (tertiary alicyclic amines) is 1. The maximum Gasteiger partial charge on any atom is 0.416 e. The number of rotatable bonds is 6. The van der Waals surface area contributed by atoms with Crippen LogP contribution in [-0.4, -0.2) is 44.1 Å². The number of nitrogens with zero attached hydrogens (tertiary/aromatic N) is 2. The predicted molar refractivity (Wildman–Crippen MR) is 110 cm³/mol. The second-order valence-electron chi connectivity index (χ2n) is 6.46. The van der Waals surface area contributed by atoms with Gasteiger partial charge in [0.15, 0.2) is 5.96 Å². The Morgan fingerprint density at radius 1 is 1.23 bits per heavy atom. The largest absolute Gasteiger partial charge is 0.416 e. The van der Waals surface area contributed by atoms with E-state index in [0.29, 0.717) is 18.4 Å². The van der Waals surface area contributed by atoms with E-state index >= 15 is 0 Å². The smallest absolute Gasteiger partial charge is 0.356 e. The van der Waals surface area contributed by atoms with Gasteiger partial charge in [-0.25, -0.2) is 0 Å². The van der Waals surface area contributed by atoms with Crippen molar-refractivity contribution in [3.63, 3.8) is 0 Å². The van der Waals surface area contributed by atoms with Crippen molar-refractivity contribution in [2.24, 2.45) is 10.9 Å². The van der Waals surface area contributed by atoms with Gasteiger partial charge in [-0.1, -0.05) is 19.1 Å². The van der Waals surface area contributed by atoms with Gasteiger partial charge in [0, 0.05) is 26.7 Å². The number of benzene rings is 1. The Morgan fingerprint density at radius 2 is 1.92 bits per heavy atom. The fourth-order valence-electron chi connectivity index (χ4n) is 3.06. The maximum absolute atomic E-state index is 12.6. The predicted octanol–water partition coefficient (Wildman–Crippen LogP) is 3.72. The minimum atomic E-state index is -4.30. The van der Waals surface area contributed by atoms with Crippen LogP contribution in [0, 0.1) is 5.92 Å². The van der Waals surface area contributed by atoms with Crippen molar-refractivity contribution in [3.8, 4) is 0 Å². The second-order valence-corrected chi connectivity index (χ2v) is 6.46. The number of guanidine groups is 1. The summed E-state index contributed by atoms with van der Waals surface area (Å²) in [6, 6.07) is 5.19. The summed E-state index contributed by atoms with van der Waals surface area (Å²) in [6.07, 6.45) is -1.93. The van der Waals surface area contributed by atoms with Crippen LogP contribution in [-0.2, 0) is 12.7 Å². The van der Waals surface area contributed by atoms with E-state index in [2.05, 4.69) is 27.4 Å². The first-order chi connectivity index (χ1) is 11.9. The molecule has 2 rings (SSSR count). The number of hydrogen-bond acceptors (Lipinski definition) is 2. The molecule has 1 heterocycles. The zero-order valence-corrected chi connectivity index (χ0v) is 17.6. The fraction of sp³-hybridized carbons (Fsp3) is 0.611. The van der Waals surface area contributed by atoms with Crippen LogP contribution in [0.2, 0.25) is 0 Å². The molecule has 1 atom stereocenters. The lowest BCUT2D eigenvalue weighted by Gasteiger charge is -2.17. The third-order valence-electron chi connectivity index (χ3n) is 4.43. The molecule has 0 saturated carbocycles. The summed E-state index contributed by atoms with van der Waals surface area (Å²) < 4.78 is 37.7. The molecule has 1 aliphatic rings. The normalized spacial score (nSPS) is 18.5. The molecule has 8 heteroatoms. The van der Waals surface area contributed by atoms with Crippen LogP contribution in [0.15, 0.2) is 29.3 Å². The summed E-state index contributed by atoms with van der Waals surface area (Å²) in [4.78, 5) is 6.65. The van der Waals surface area contributed by atoms with Crippen molar-refractivity contribution in [3.05, 3.63) is 35.4 Å². The quantitative estimate of drug-likeness (QED) is 0.368. The minimum Gasteiger partial charge on any atom is -0.356 e. The lowest BCUT2D eigenvalue weighted by atomic mass is 10.1. The van der Waals surface area contributed by atoms with Gasteiger partial charge >= 0.3 is 6.18 Å². The average molecular weight is 484 g/mol. The van der Waals surface area contributed by atoms with E-state index < -0.39 is 11.7 Å². The SMILES string of the molecule is CCCN1CCC(CNC(=NC)NCc2ccc(C(F)(F)F)cc2)C1.I. The van der Waals surface area contributed by atoms with Gasteiger partial charge in [0.25, 0.3) is 0 Å². The zero-order chi connectivity index (χ0) is 18.3. The van der Waals surface area contributed by atoms with Crippen molar-refractivity contribution in [2.45, 2.75) is 32.5 Å². The minimum absolute atomic E-state index is 0. The molecule has 2 N–H and O–H groups in total. The summed E-state index contributed by atoms with van der Waals surface area (Å²) in [5, 5.41) is 6.46. The highest BCUT2D eigenvalue weighted by atomic mass is 127. The molecular formula is C18H28F3IN4. The molecule has 0 radical (unpaired) electrons. The van der Waals surface area contributed by atoms with Crippen molar-refractivity contribution in [1.29, 1.82) is 0 Å². The van der Waals surface area contributed by atoms with E-state index in [0.717, 1.165) is 43.9 Å². The number of aliphatic imine (C=N–C) groups is 1. The van der Waals surface area contributed by atoms with E-state index in [1.807, 2.05) is 0 Å². The summed E-state index contributed by atoms with van der Waals surface area (Å²) in [5.74, 6) is 1.28. The molecule has 1 saturated heterocycles. The van der Waals surface area contributed by atoms with Crippen molar-refractivity contribution < 1.29 is 13.2 Å². The Kier molecular flexibility index (Phi) is 9.70. The monoisotopic (exact) mass is 484 g/mol. The highest BCUT2D eigenvalue weighted by Crippen LogP contribution is 2.29. The van der Waals surface area contributed by atoms with Crippen LogP contribution in [0.1, 0.15) is 30.9 Å². The van der Waals surface area contributed by atoms with Crippen LogP contribution >= 0.6 is 24.0 Å². The highest BCUT2D eigenvalue weighted by molar-refractivity contribution is 14.0. The van der Waals surface area contributed by atoms with Crippen molar-refractivity contribution in [1.82, 2.24) is 15.5 Å². The number of hydrogen-bond donors (Lipinski definition) is 2. The first-order valence-electron chi connectivity index (χ1n) is 8.75. The Labute approximate surface area is 170 Å². The average Bonchev–Trinajstić information content (AvgIpc) is 3.02. The Bertz CT molecular complexity index is 561. The van der Waals surface area contributed by atoms with Gasteiger partial charge in [0.05, 0.1) is 5.56 Å². The number of alkyl halides is 3. The summed E-state index contributed by atoms with van der Waals surface area (Å²) in [6.45, 7) is 6.89. The topological polar surface area (TPSA) is 39.7 Å². The molecular weight excluding hydrogens is 456 g/mol. The van der Waals surface area contributed by atoms with E-state index in [9.17, 15) is 13.2 Å². The first-order valence-corrected chi connectivity index (χ1v) is 8.75. The highest BCUT2D eigenvalue weighted by Gasteiger charge is 2.29. The van der Waals surface area contributed by atoms with Crippen LogP contribution in [0.3, 0.4) is 0 Å². The molecule has 1 aliphatic heterocycles. The van der Waals surface area contributed by atoms with E-state index in [1.54, 1.807) is 7.05 Å². The third-order valence-corrected chi connectivity index (χ3v) is 4.43. The van der Waals surface area contributed by atoms with Gasteiger partial charge < -0.3 is 15.5 Å². The van der Waals surface area contributed by atoms with Crippen LogP contribution in [0.4, 0.5) is 13.2 Å². The molecule has 1 aromatic carbocycles. The van der Waals surface area contributed by atoms with Gasteiger partial charge in [-0.05, 0) is 49.5 Å². The molecule has 1 aromatic rings. The molecule has 0 amide bonds. The van der Waals surface area contributed by atoms with Crippen LogP contribution in [0.5, 0.6) is 0 Å². The van der Waals surface area contributed by atoms with Crippen LogP contribution < -0.4 is 10.6 Å². The third kappa shape index (κ3) is 7.30. The van der Waals surface area contributed by atoms with Gasteiger partial charge in [0.1, 0.15) is 0 Å². The molecule has 0 bridgehead atoms. The Morgan fingerprint density at radius 3 is 2.50 bits per heavy atom. The summed E-state index contributed by atoms with van der Waals surface area (Å²) in [7, 11) is 1.69. The summed E-state index contributed by atoms with van der Waals surface area (Å²) >= 11 is 0. The maximum atomic E-state index is 12.6. The first kappa shape index (κ1) is 23.0. The van der Waals surface area contributed by atoms with Crippen LogP contribution in [0.25, 0.3) is 0 Å². The molecule has 4 nitrogen and oxygen atoms in total. The lowest BCUT2D eigenvalue weighted by molar-refractivity contribution is -0.137. The zero-order valence-electron chi connectivity index (χ0n) is 15.3. The van der Waals surface area contributed by atoms with Gasteiger partial charge in [-0.15, -0.1) is 24.0 Å². The molecule has 1 unspecified atom stereocenters. The Hall–Kier alpha value is -1.03. The Balaban J connectivity index is 0.00000338. The molecule has 0 aliphatic carbocycles. The van der Waals surface area contributed by atoms with E-state index in [-0.39, 0.29) is 24.0 Å². The molecule has 148 valence electrons. The van der Waals surface area contributed by atoms with Gasteiger partial charge in [-0.3, -0.25) is 4.99 Å².